The summed E-state index contributed by atoms with van der Waals surface area (Å²) in [6, 6.07) is 0. The van der Waals surface area contributed by atoms with E-state index in [-0.39, 0.29) is 12.0 Å². The normalized spacial score (nSPS) is 10.4. The van der Waals surface area contributed by atoms with Crippen molar-refractivity contribution in [1.82, 2.24) is 0 Å². The average molecular weight is 162 g/mol. The predicted octanol–water partition coefficient (Wildman–Crippen LogP) is 2.07. The number of hydrogen-bond acceptors (Lipinski definition) is 2. The lowest BCUT2D eigenvalue weighted by molar-refractivity contribution is 0.102. The van der Waals surface area contributed by atoms with Gasteiger partial charge in [-0.05, 0) is 11.8 Å². The van der Waals surface area contributed by atoms with Gasteiger partial charge in [0.15, 0.2) is 0 Å². The first-order chi connectivity index (χ1) is 5.12. The summed E-state index contributed by atoms with van der Waals surface area (Å²) in [6.07, 6.45) is 0.917. The number of hydrogen-bond donors (Lipinski definition) is 1. The van der Waals surface area contributed by atoms with Crippen LogP contribution in [0.4, 0.5) is 0 Å². The van der Waals surface area contributed by atoms with Crippen molar-refractivity contribution in [3.8, 4) is 0 Å². The Balaban J connectivity index is 0. The van der Waals surface area contributed by atoms with Crippen LogP contribution in [-0.2, 0) is 4.74 Å². The van der Waals surface area contributed by atoms with E-state index < -0.39 is 0 Å². The number of rotatable bonds is 4. The molecule has 0 aromatic rings. The van der Waals surface area contributed by atoms with E-state index in [1.54, 1.807) is 7.11 Å². The van der Waals surface area contributed by atoms with Crippen molar-refractivity contribution in [3.63, 3.8) is 0 Å². The molecule has 0 amide bonds. The number of methoxy groups -OCH3 is 1. The van der Waals surface area contributed by atoms with E-state index in [0.717, 1.165) is 13.0 Å². The van der Waals surface area contributed by atoms with Crippen molar-refractivity contribution in [1.29, 1.82) is 0 Å². The lowest BCUT2D eigenvalue weighted by atomic mass is 9.91. The van der Waals surface area contributed by atoms with Gasteiger partial charge in [-0.25, -0.2) is 0 Å². The molecule has 0 atom stereocenters. The van der Waals surface area contributed by atoms with Gasteiger partial charge in [-0.15, -0.1) is 0 Å². The summed E-state index contributed by atoms with van der Waals surface area (Å²) in [5.74, 6) is 0. The van der Waals surface area contributed by atoms with E-state index in [0.29, 0.717) is 0 Å². The van der Waals surface area contributed by atoms with Gasteiger partial charge in [0, 0.05) is 20.3 Å². The molecule has 0 aromatic heterocycles. The van der Waals surface area contributed by atoms with Gasteiger partial charge in [-0.1, -0.05) is 27.7 Å². The lowest BCUT2D eigenvalue weighted by Gasteiger charge is -2.20. The van der Waals surface area contributed by atoms with Crippen LogP contribution in [0.25, 0.3) is 0 Å². The smallest absolute Gasteiger partial charge is 0.0482 e. The molecule has 0 saturated heterocycles. The Morgan fingerprint density at radius 1 is 1.27 bits per heavy atom. The highest BCUT2D eigenvalue weighted by Crippen LogP contribution is 2.17. The number of ether oxygens (including phenoxy) is 1. The van der Waals surface area contributed by atoms with E-state index in [4.69, 9.17) is 9.84 Å². The Morgan fingerprint density at radius 2 is 1.73 bits per heavy atom. The average Bonchev–Trinajstić information content (AvgIpc) is 2.05. The maximum atomic E-state index is 8.77. The summed E-state index contributed by atoms with van der Waals surface area (Å²) in [4.78, 5) is 0. The van der Waals surface area contributed by atoms with Gasteiger partial charge in [-0.3, -0.25) is 0 Å². The molecule has 0 rings (SSSR count). The highest BCUT2D eigenvalue weighted by molar-refractivity contribution is 4.65. The Morgan fingerprint density at radius 3 is 2.00 bits per heavy atom. The Hall–Kier alpha value is -0.0800. The van der Waals surface area contributed by atoms with Crippen LogP contribution in [0.15, 0.2) is 0 Å². The summed E-state index contributed by atoms with van der Waals surface area (Å²) in [7, 11) is 1.67. The highest BCUT2D eigenvalue weighted by atomic mass is 16.5. The second kappa shape index (κ2) is 8.02. The van der Waals surface area contributed by atoms with Crippen LogP contribution in [0, 0.1) is 5.41 Å². The second-order valence-electron chi connectivity index (χ2n) is 3.07. The zero-order valence-corrected chi connectivity index (χ0v) is 8.48. The van der Waals surface area contributed by atoms with E-state index in [1.807, 2.05) is 27.7 Å². The molecule has 11 heavy (non-hydrogen) atoms. The molecule has 0 unspecified atom stereocenters. The molecular formula is C9H22O2. The molecule has 0 saturated carbocycles. The van der Waals surface area contributed by atoms with Gasteiger partial charge in [0.2, 0.25) is 0 Å². The fourth-order valence-electron chi connectivity index (χ4n) is 0.457. The SMILES string of the molecule is CC.COCCC(C)(C)CO. The van der Waals surface area contributed by atoms with Crippen molar-refractivity contribution in [2.24, 2.45) is 5.41 Å². The molecule has 0 fully saturated rings. The fraction of sp³-hybridized carbons (Fsp3) is 1.00. The van der Waals surface area contributed by atoms with Crippen LogP contribution >= 0.6 is 0 Å². The largest absolute Gasteiger partial charge is 0.396 e. The topological polar surface area (TPSA) is 29.5 Å². The molecule has 2 nitrogen and oxygen atoms in total. The Labute approximate surface area is 70.6 Å². The van der Waals surface area contributed by atoms with Crippen LogP contribution in [0.5, 0.6) is 0 Å². The molecule has 0 heterocycles. The molecule has 70 valence electrons. The molecular weight excluding hydrogens is 140 g/mol. The minimum atomic E-state index is 0.0238. The van der Waals surface area contributed by atoms with E-state index in [9.17, 15) is 0 Å². The monoisotopic (exact) mass is 162 g/mol. The molecule has 0 radical (unpaired) electrons. The third-order valence-corrected chi connectivity index (χ3v) is 1.41. The first-order valence-electron chi connectivity index (χ1n) is 4.22. The van der Waals surface area contributed by atoms with Gasteiger partial charge in [-0.2, -0.15) is 0 Å². The van der Waals surface area contributed by atoms with Crippen LogP contribution < -0.4 is 0 Å². The lowest BCUT2D eigenvalue weighted by Crippen LogP contribution is -2.18. The molecule has 0 bridgehead atoms. The van der Waals surface area contributed by atoms with Crippen LogP contribution in [0.2, 0.25) is 0 Å². The molecule has 0 aliphatic carbocycles. The second-order valence-corrected chi connectivity index (χ2v) is 3.07. The van der Waals surface area contributed by atoms with Crippen molar-refractivity contribution in [2.75, 3.05) is 20.3 Å². The maximum absolute atomic E-state index is 8.77. The minimum Gasteiger partial charge on any atom is -0.396 e. The quantitative estimate of drug-likeness (QED) is 0.685. The molecule has 0 aliphatic rings. The van der Waals surface area contributed by atoms with Crippen LogP contribution in [0.1, 0.15) is 34.1 Å². The number of aliphatic hydroxyl groups excluding tert-OH is 1. The summed E-state index contributed by atoms with van der Waals surface area (Å²) in [5, 5.41) is 8.77. The summed E-state index contributed by atoms with van der Waals surface area (Å²) < 4.78 is 4.87. The Bertz CT molecular complexity index is 70.0. The number of aliphatic hydroxyl groups is 1. The molecule has 0 spiro atoms. The predicted molar refractivity (Wildman–Crippen MR) is 48.7 cm³/mol. The molecule has 0 aromatic carbocycles. The third-order valence-electron chi connectivity index (χ3n) is 1.41. The van der Waals surface area contributed by atoms with Gasteiger partial charge in [0.25, 0.3) is 0 Å². The zero-order valence-electron chi connectivity index (χ0n) is 8.48. The Kier molecular flexibility index (Phi) is 9.85. The van der Waals surface area contributed by atoms with E-state index in [2.05, 4.69) is 0 Å². The standard InChI is InChI=1S/C7H16O2.C2H6/c1-7(2,6-8)4-5-9-3;1-2/h8H,4-6H2,1-3H3;1-2H3. The summed E-state index contributed by atoms with van der Waals surface area (Å²) in [6.45, 7) is 9.00. The molecule has 0 aliphatic heterocycles. The van der Waals surface area contributed by atoms with Crippen LogP contribution in [0.3, 0.4) is 0 Å². The van der Waals surface area contributed by atoms with Crippen molar-refractivity contribution >= 4 is 0 Å². The van der Waals surface area contributed by atoms with Crippen molar-refractivity contribution < 1.29 is 9.84 Å². The van der Waals surface area contributed by atoms with Gasteiger partial charge >= 0.3 is 0 Å². The first kappa shape index (κ1) is 13.5. The van der Waals surface area contributed by atoms with Gasteiger partial charge < -0.3 is 9.84 Å². The van der Waals surface area contributed by atoms with Crippen molar-refractivity contribution in [3.05, 3.63) is 0 Å². The van der Waals surface area contributed by atoms with E-state index >= 15 is 0 Å². The summed E-state index contributed by atoms with van der Waals surface area (Å²) >= 11 is 0. The molecule has 1 N–H and O–H groups in total. The van der Waals surface area contributed by atoms with Gasteiger partial charge in [0.05, 0.1) is 0 Å². The fourth-order valence-corrected chi connectivity index (χ4v) is 0.457. The third kappa shape index (κ3) is 9.92. The zero-order chi connectivity index (χ0) is 9.33. The molecule has 2 heteroatoms. The van der Waals surface area contributed by atoms with Crippen LogP contribution in [-0.4, -0.2) is 25.4 Å². The maximum Gasteiger partial charge on any atom is 0.0482 e. The van der Waals surface area contributed by atoms with Crippen molar-refractivity contribution in [2.45, 2.75) is 34.1 Å². The summed E-state index contributed by atoms with van der Waals surface area (Å²) in [5.41, 5.74) is 0.0238. The van der Waals surface area contributed by atoms with E-state index in [1.165, 1.54) is 0 Å². The van der Waals surface area contributed by atoms with Gasteiger partial charge in [0.1, 0.15) is 0 Å². The first-order valence-corrected chi connectivity index (χ1v) is 4.22. The highest BCUT2D eigenvalue weighted by Gasteiger charge is 2.14. The minimum absolute atomic E-state index is 0.0238.